The minimum Gasteiger partial charge on any atom is -0.330 e. The van der Waals surface area contributed by atoms with Crippen molar-refractivity contribution < 1.29 is 1.41 Å². The van der Waals surface area contributed by atoms with E-state index in [1.54, 1.807) is 0 Å². The van der Waals surface area contributed by atoms with Gasteiger partial charge in [0.05, 0.1) is 0 Å². The van der Waals surface area contributed by atoms with Crippen molar-refractivity contribution in [3.8, 4) is 0 Å². The second-order valence-electron chi connectivity index (χ2n) is 7.82. The average molecular weight is 341 g/mol. The normalized spacial score (nSPS) is 11.8. The van der Waals surface area contributed by atoms with Crippen molar-refractivity contribution in [2.24, 2.45) is 5.73 Å². The van der Waals surface area contributed by atoms with E-state index in [1.165, 1.54) is 135 Å². The lowest BCUT2D eigenvalue weighted by atomic mass is 10.0. The molecule has 0 aromatic carbocycles. The molecule has 0 heterocycles. The summed E-state index contributed by atoms with van der Waals surface area (Å²) in [5, 5.41) is 0. The smallest absolute Gasteiger partial charge is 0.118 e. The summed E-state index contributed by atoms with van der Waals surface area (Å²) in [6.07, 6.45) is 30.0. The van der Waals surface area contributed by atoms with E-state index in [-0.39, 0.29) is 0 Å². The lowest BCUT2D eigenvalue weighted by Crippen LogP contribution is -1.97. The summed E-state index contributed by atoms with van der Waals surface area (Å²) in [5.74, 6) is 0. The van der Waals surface area contributed by atoms with E-state index in [0.29, 0.717) is 0 Å². The van der Waals surface area contributed by atoms with Crippen LogP contribution in [-0.2, 0) is 0 Å². The zero-order chi connectivity index (χ0) is 18.3. The van der Waals surface area contributed by atoms with Crippen LogP contribution in [0.3, 0.4) is 0 Å². The van der Waals surface area contributed by atoms with Crippen molar-refractivity contribution >= 4 is 0 Å². The zero-order valence-electron chi connectivity index (χ0n) is 18.1. The predicted molar refractivity (Wildman–Crippen MR) is 112 cm³/mol. The Morgan fingerprint density at radius 1 is 0.417 bits per heavy atom. The number of hydrogen-bond donors (Lipinski definition) is 1. The molecule has 0 radical (unpaired) electrons. The summed E-state index contributed by atoms with van der Waals surface area (Å²) in [7, 11) is 0. The third kappa shape index (κ3) is 22.0. The third-order valence-electron chi connectivity index (χ3n) is 5.28. The van der Waals surface area contributed by atoms with Gasteiger partial charge < -0.3 is 5.73 Å². The molecule has 0 unspecified atom stereocenters. The third-order valence-corrected chi connectivity index (χ3v) is 5.28. The van der Waals surface area contributed by atoms with E-state index in [1.807, 2.05) is 0 Å². The standard InChI is InChI=1S/C23H49N/c1-2-3-4-5-6-7-8-9-10-11-12-13-14-15-16-17-18-19-20-21-22-23-24/h2-24H2,1H3/i/hD. The highest BCUT2D eigenvalue weighted by atomic mass is 14.5. The predicted octanol–water partition coefficient (Wildman–Crippen LogP) is 8.16. The molecular formula is C23H49N. The first-order valence-electron chi connectivity index (χ1n) is 12.1. The van der Waals surface area contributed by atoms with Gasteiger partial charge in [0.15, 0.2) is 0 Å². The number of hydrogen-bond acceptors (Lipinski definition) is 1. The van der Waals surface area contributed by atoms with Crippen LogP contribution in [0.1, 0.15) is 142 Å². The second kappa shape index (κ2) is 23.0. The highest BCUT2D eigenvalue weighted by Crippen LogP contribution is 2.14. The molecule has 0 aliphatic rings. The van der Waals surface area contributed by atoms with Crippen molar-refractivity contribution in [2.45, 2.75) is 142 Å². The largest absolute Gasteiger partial charge is 0.330 e. The first-order valence-corrected chi connectivity index (χ1v) is 11.6. The van der Waals surface area contributed by atoms with Gasteiger partial charge in [-0.05, 0) is 13.0 Å². The summed E-state index contributed by atoms with van der Waals surface area (Å²) in [6.45, 7) is 3.16. The second-order valence-corrected chi connectivity index (χ2v) is 7.82. The fraction of sp³-hybridized carbons (Fsp3) is 1.00. The molecule has 0 fully saturated rings. The lowest BCUT2D eigenvalue weighted by molar-refractivity contribution is 0.520. The SMILES string of the molecule is [2H]NCCCCCCCCCCCCCCCCCCCCCCC. The van der Waals surface area contributed by atoms with E-state index in [0.717, 1.165) is 6.54 Å². The quantitative estimate of drug-likeness (QED) is 0.198. The fourth-order valence-corrected chi connectivity index (χ4v) is 3.56. The van der Waals surface area contributed by atoms with Gasteiger partial charge in [-0.3, -0.25) is 0 Å². The van der Waals surface area contributed by atoms with Crippen LogP contribution in [0.5, 0.6) is 0 Å². The fourth-order valence-electron chi connectivity index (χ4n) is 3.56. The van der Waals surface area contributed by atoms with Crippen LogP contribution in [-0.4, -0.2) is 6.54 Å². The maximum Gasteiger partial charge on any atom is 0.118 e. The minimum atomic E-state index is 0.860. The van der Waals surface area contributed by atoms with Crippen molar-refractivity contribution in [1.82, 2.24) is 0 Å². The number of rotatable bonds is 22. The summed E-state index contributed by atoms with van der Waals surface area (Å²) >= 11 is 0. The van der Waals surface area contributed by atoms with Crippen molar-refractivity contribution in [1.29, 1.82) is 0 Å². The van der Waals surface area contributed by atoms with E-state index >= 15 is 0 Å². The Balaban J connectivity index is 2.94. The van der Waals surface area contributed by atoms with Crippen LogP contribution in [0.25, 0.3) is 0 Å². The summed E-state index contributed by atoms with van der Waals surface area (Å²) in [4.78, 5) is 0. The molecule has 0 bridgehead atoms. The monoisotopic (exact) mass is 340 g/mol. The molecule has 24 heavy (non-hydrogen) atoms. The molecule has 0 rings (SSSR count). The lowest BCUT2D eigenvalue weighted by Gasteiger charge is -2.04. The van der Waals surface area contributed by atoms with Crippen molar-refractivity contribution in [3.63, 3.8) is 0 Å². The molecule has 1 nitrogen and oxygen atoms in total. The maximum atomic E-state index is 6.87. The van der Waals surface area contributed by atoms with Gasteiger partial charge >= 0.3 is 0 Å². The highest BCUT2D eigenvalue weighted by molar-refractivity contribution is 4.51. The van der Waals surface area contributed by atoms with Gasteiger partial charge in [0.2, 0.25) is 0 Å². The van der Waals surface area contributed by atoms with Gasteiger partial charge in [0, 0.05) is 0 Å². The molecule has 0 aromatic heterocycles. The molecular weight excluding hydrogens is 290 g/mol. The molecule has 0 spiro atoms. The van der Waals surface area contributed by atoms with E-state index in [9.17, 15) is 0 Å². The maximum absolute atomic E-state index is 6.87. The Labute approximate surface area is 156 Å². The Hall–Kier alpha value is -0.0400. The first kappa shape index (κ1) is 22.0. The van der Waals surface area contributed by atoms with Gasteiger partial charge in [0.25, 0.3) is 0 Å². The van der Waals surface area contributed by atoms with Gasteiger partial charge in [-0.25, -0.2) is 0 Å². The summed E-state index contributed by atoms with van der Waals surface area (Å²) in [6, 6.07) is 0. The zero-order valence-corrected chi connectivity index (χ0v) is 17.1. The van der Waals surface area contributed by atoms with Gasteiger partial charge in [0.1, 0.15) is 1.41 Å². The van der Waals surface area contributed by atoms with Crippen LogP contribution in [0.15, 0.2) is 0 Å². The molecule has 0 aliphatic heterocycles. The number of unbranched alkanes of at least 4 members (excludes halogenated alkanes) is 20. The van der Waals surface area contributed by atoms with Crippen LogP contribution >= 0.6 is 0 Å². The molecule has 0 amide bonds. The van der Waals surface area contributed by atoms with Crippen molar-refractivity contribution in [2.75, 3.05) is 6.54 Å². The van der Waals surface area contributed by atoms with Crippen molar-refractivity contribution in [3.05, 3.63) is 0 Å². The molecule has 1 heteroatoms. The minimum absolute atomic E-state index is 0.860. The van der Waals surface area contributed by atoms with Gasteiger partial charge in [-0.1, -0.05) is 135 Å². The summed E-state index contributed by atoms with van der Waals surface area (Å²) in [5.41, 5.74) is 2.48. The molecule has 0 saturated heterocycles. The topological polar surface area (TPSA) is 26.0 Å². The van der Waals surface area contributed by atoms with Crippen LogP contribution in [0, 0.1) is 0 Å². The highest BCUT2D eigenvalue weighted by Gasteiger charge is 1.95. The first-order chi connectivity index (χ1) is 12.4. The Morgan fingerprint density at radius 2 is 0.667 bits per heavy atom. The average Bonchev–Trinajstić information content (AvgIpc) is 2.63. The Morgan fingerprint density at radius 3 is 0.917 bits per heavy atom. The number of nitrogens with two attached hydrogens (primary N) is 1. The molecule has 0 aromatic rings. The van der Waals surface area contributed by atoms with Gasteiger partial charge in [-0.2, -0.15) is 0 Å². The van der Waals surface area contributed by atoms with Gasteiger partial charge in [-0.15, -0.1) is 0 Å². The van der Waals surface area contributed by atoms with E-state index < -0.39 is 0 Å². The molecule has 0 aliphatic carbocycles. The van der Waals surface area contributed by atoms with E-state index in [2.05, 4.69) is 12.7 Å². The summed E-state index contributed by atoms with van der Waals surface area (Å²) < 4.78 is 6.87. The molecule has 0 atom stereocenters. The molecule has 0 saturated carbocycles. The molecule has 146 valence electrons. The van der Waals surface area contributed by atoms with Crippen LogP contribution in [0.4, 0.5) is 0 Å². The van der Waals surface area contributed by atoms with Crippen LogP contribution in [0.2, 0.25) is 1.41 Å². The Bertz CT molecular complexity index is 198. The van der Waals surface area contributed by atoms with Crippen LogP contribution < -0.4 is 5.73 Å². The van der Waals surface area contributed by atoms with E-state index in [4.69, 9.17) is 1.41 Å². The Kier molecular flexibility index (Phi) is 21.0. The molecule has 2 N–H and O–H groups in total.